The monoisotopic (exact) mass is 343 g/mol. The largest absolute Gasteiger partial charge is 0.493 e. The first-order valence-electron chi connectivity index (χ1n) is 7.40. The Morgan fingerprint density at radius 1 is 1.21 bits per heavy atom. The van der Waals surface area contributed by atoms with Crippen molar-refractivity contribution >= 4 is 17.2 Å². The number of ether oxygens (including phenoxy) is 2. The number of furan rings is 1. The van der Waals surface area contributed by atoms with Crippen molar-refractivity contribution in [2.75, 3.05) is 13.7 Å². The van der Waals surface area contributed by atoms with E-state index in [0.717, 1.165) is 16.2 Å². The van der Waals surface area contributed by atoms with Crippen LogP contribution >= 0.6 is 11.3 Å². The predicted molar refractivity (Wildman–Crippen MR) is 92.4 cm³/mol. The van der Waals surface area contributed by atoms with Crippen LogP contribution in [0, 0.1) is 0 Å². The first-order valence-corrected chi connectivity index (χ1v) is 8.28. The molecule has 0 aliphatic heterocycles. The number of carbonyl (C=O) groups excluding carboxylic acids is 1. The minimum atomic E-state index is -0.186. The summed E-state index contributed by atoms with van der Waals surface area (Å²) in [5.74, 6) is 1.79. The minimum Gasteiger partial charge on any atom is -0.493 e. The fourth-order valence-electron chi connectivity index (χ4n) is 2.16. The number of carbonyl (C=O) groups is 1. The normalized spacial score (nSPS) is 10.4. The Bertz CT molecular complexity index is 795. The van der Waals surface area contributed by atoms with E-state index in [1.165, 1.54) is 0 Å². The van der Waals surface area contributed by atoms with Crippen LogP contribution in [-0.2, 0) is 11.3 Å². The number of methoxy groups -OCH3 is 1. The summed E-state index contributed by atoms with van der Waals surface area (Å²) in [6.45, 7) is 0.399. The van der Waals surface area contributed by atoms with Crippen LogP contribution in [0.5, 0.6) is 11.5 Å². The third-order valence-electron chi connectivity index (χ3n) is 3.35. The van der Waals surface area contributed by atoms with Crippen molar-refractivity contribution in [3.8, 4) is 22.8 Å². The van der Waals surface area contributed by atoms with Gasteiger partial charge >= 0.3 is 0 Å². The van der Waals surface area contributed by atoms with E-state index in [1.54, 1.807) is 36.8 Å². The maximum Gasteiger partial charge on any atom is 0.258 e. The van der Waals surface area contributed by atoms with Crippen molar-refractivity contribution < 1.29 is 18.7 Å². The van der Waals surface area contributed by atoms with Crippen molar-refractivity contribution in [3.63, 3.8) is 0 Å². The number of para-hydroxylation sites is 2. The summed E-state index contributed by atoms with van der Waals surface area (Å²) >= 11 is 1.57. The summed E-state index contributed by atoms with van der Waals surface area (Å²) in [4.78, 5) is 13.0. The molecule has 3 rings (SSSR count). The number of hydrogen-bond acceptors (Lipinski definition) is 5. The van der Waals surface area contributed by atoms with Gasteiger partial charge in [-0.15, -0.1) is 11.3 Å². The Hall–Kier alpha value is -2.73. The predicted octanol–water partition coefficient (Wildman–Crippen LogP) is 3.71. The zero-order chi connectivity index (χ0) is 16.8. The molecule has 0 bridgehead atoms. The van der Waals surface area contributed by atoms with Crippen molar-refractivity contribution in [1.29, 1.82) is 0 Å². The van der Waals surface area contributed by atoms with Gasteiger partial charge < -0.3 is 19.2 Å². The smallest absolute Gasteiger partial charge is 0.258 e. The van der Waals surface area contributed by atoms with E-state index < -0.39 is 0 Å². The van der Waals surface area contributed by atoms with Crippen molar-refractivity contribution in [2.45, 2.75) is 6.54 Å². The van der Waals surface area contributed by atoms with Crippen LogP contribution < -0.4 is 14.8 Å². The van der Waals surface area contributed by atoms with Crippen LogP contribution in [0.15, 0.2) is 58.5 Å². The van der Waals surface area contributed by atoms with Gasteiger partial charge in [-0.25, -0.2) is 0 Å². The zero-order valence-corrected chi connectivity index (χ0v) is 14.0. The minimum absolute atomic E-state index is 0.0587. The molecule has 1 N–H and O–H groups in total. The van der Waals surface area contributed by atoms with Gasteiger partial charge in [0.1, 0.15) is 5.76 Å². The number of amides is 1. The number of nitrogens with one attached hydrogen (secondary N) is 1. The van der Waals surface area contributed by atoms with E-state index in [9.17, 15) is 4.79 Å². The van der Waals surface area contributed by atoms with Crippen LogP contribution in [0.25, 0.3) is 11.3 Å². The molecule has 0 atom stereocenters. The Labute approximate surface area is 143 Å². The molecule has 2 heterocycles. The molecule has 5 nitrogen and oxygen atoms in total. The standard InChI is InChI=1S/C18H17NO4S/c1-21-16-5-2-3-6-17(16)23-11-18(20)19-10-14-9-13(12-24-14)15-7-4-8-22-15/h2-9,12H,10-11H2,1H3,(H,19,20). The maximum atomic E-state index is 11.9. The van der Waals surface area contributed by atoms with Crippen LogP contribution in [0.3, 0.4) is 0 Å². The average molecular weight is 343 g/mol. The van der Waals surface area contributed by atoms with Gasteiger partial charge in [-0.3, -0.25) is 4.79 Å². The Balaban J connectivity index is 1.49. The summed E-state index contributed by atoms with van der Waals surface area (Å²) in [6.07, 6.45) is 1.64. The van der Waals surface area contributed by atoms with Gasteiger partial charge in [0, 0.05) is 15.8 Å². The molecular formula is C18H17NO4S. The molecule has 1 amide bonds. The van der Waals surface area contributed by atoms with E-state index in [1.807, 2.05) is 35.7 Å². The molecule has 24 heavy (non-hydrogen) atoms. The average Bonchev–Trinajstić information content (AvgIpc) is 3.29. The Kier molecular flexibility index (Phi) is 5.18. The Morgan fingerprint density at radius 3 is 2.79 bits per heavy atom. The zero-order valence-electron chi connectivity index (χ0n) is 13.2. The molecule has 0 unspecified atom stereocenters. The molecule has 0 spiro atoms. The first-order chi connectivity index (χ1) is 11.8. The highest BCUT2D eigenvalue weighted by Gasteiger charge is 2.08. The van der Waals surface area contributed by atoms with E-state index in [-0.39, 0.29) is 12.5 Å². The second-order valence-corrected chi connectivity index (χ2v) is 5.99. The Morgan fingerprint density at radius 2 is 2.04 bits per heavy atom. The maximum absolute atomic E-state index is 11.9. The van der Waals surface area contributed by atoms with Gasteiger partial charge in [-0.05, 0) is 30.3 Å². The third kappa shape index (κ3) is 3.97. The highest BCUT2D eigenvalue weighted by molar-refractivity contribution is 7.10. The molecule has 0 fully saturated rings. The summed E-state index contributed by atoms with van der Waals surface area (Å²) in [6, 6.07) is 13.0. The molecule has 0 saturated heterocycles. The SMILES string of the molecule is COc1ccccc1OCC(=O)NCc1cc(-c2ccco2)cs1. The highest BCUT2D eigenvalue weighted by atomic mass is 32.1. The molecule has 6 heteroatoms. The van der Waals surface area contributed by atoms with Gasteiger partial charge in [-0.1, -0.05) is 12.1 Å². The van der Waals surface area contributed by atoms with Crippen molar-refractivity contribution in [3.05, 3.63) is 59.0 Å². The van der Waals surface area contributed by atoms with Crippen LogP contribution in [0.1, 0.15) is 4.88 Å². The molecule has 0 saturated carbocycles. The molecule has 0 radical (unpaired) electrons. The molecule has 0 aliphatic carbocycles. The summed E-state index contributed by atoms with van der Waals surface area (Å²) in [5.41, 5.74) is 1.01. The second-order valence-electron chi connectivity index (χ2n) is 5.00. The molecule has 1 aromatic carbocycles. The van der Waals surface area contributed by atoms with Gasteiger partial charge in [0.15, 0.2) is 18.1 Å². The topological polar surface area (TPSA) is 60.7 Å². The van der Waals surface area contributed by atoms with Crippen LogP contribution in [-0.4, -0.2) is 19.6 Å². The lowest BCUT2D eigenvalue weighted by Crippen LogP contribution is -2.28. The molecule has 124 valence electrons. The molecule has 0 aliphatic rings. The van der Waals surface area contributed by atoms with Gasteiger partial charge in [0.2, 0.25) is 0 Å². The second kappa shape index (κ2) is 7.70. The summed E-state index contributed by atoms with van der Waals surface area (Å²) < 4.78 is 16.0. The number of rotatable bonds is 7. The lowest BCUT2D eigenvalue weighted by Gasteiger charge is -2.10. The number of thiophene rings is 1. The fourth-order valence-corrected chi connectivity index (χ4v) is 2.98. The quantitative estimate of drug-likeness (QED) is 0.710. The van der Waals surface area contributed by atoms with Crippen LogP contribution in [0.2, 0.25) is 0 Å². The van der Waals surface area contributed by atoms with E-state index in [4.69, 9.17) is 13.9 Å². The molecule has 2 aromatic heterocycles. The summed E-state index contributed by atoms with van der Waals surface area (Å²) in [7, 11) is 1.57. The van der Waals surface area contributed by atoms with Gasteiger partial charge in [0.25, 0.3) is 5.91 Å². The number of benzene rings is 1. The van der Waals surface area contributed by atoms with Gasteiger partial charge in [0.05, 0.1) is 19.9 Å². The number of hydrogen-bond donors (Lipinski definition) is 1. The lowest BCUT2D eigenvalue weighted by molar-refractivity contribution is -0.123. The first kappa shape index (κ1) is 16.1. The van der Waals surface area contributed by atoms with Gasteiger partial charge in [-0.2, -0.15) is 0 Å². The molecule has 3 aromatic rings. The molecular weight excluding hydrogens is 326 g/mol. The van der Waals surface area contributed by atoms with E-state index in [0.29, 0.717) is 18.0 Å². The highest BCUT2D eigenvalue weighted by Crippen LogP contribution is 2.26. The van der Waals surface area contributed by atoms with E-state index >= 15 is 0 Å². The van der Waals surface area contributed by atoms with E-state index in [2.05, 4.69) is 5.32 Å². The summed E-state index contributed by atoms with van der Waals surface area (Å²) in [5, 5.41) is 4.85. The fraction of sp³-hybridized carbons (Fsp3) is 0.167. The third-order valence-corrected chi connectivity index (χ3v) is 4.28. The van der Waals surface area contributed by atoms with Crippen molar-refractivity contribution in [1.82, 2.24) is 5.32 Å². The van der Waals surface area contributed by atoms with Crippen molar-refractivity contribution in [2.24, 2.45) is 0 Å². The lowest BCUT2D eigenvalue weighted by atomic mass is 10.2. The van der Waals surface area contributed by atoms with Crippen LogP contribution in [0.4, 0.5) is 0 Å².